The van der Waals surface area contributed by atoms with Crippen LogP contribution in [0, 0.1) is 11.8 Å². The highest BCUT2D eigenvalue weighted by Gasteiger charge is 2.57. The lowest BCUT2D eigenvalue weighted by molar-refractivity contribution is 0.129. The lowest BCUT2D eigenvalue weighted by atomic mass is 9.64. The Morgan fingerprint density at radius 2 is 1.65 bits per heavy atom. The maximum atomic E-state index is 12.5. The molecule has 4 atom stereocenters. The minimum atomic E-state index is -3.18. The molecule has 0 N–H and O–H groups in total. The van der Waals surface area contributed by atoms with E-state index in [2.05, 4.69) is 0 Å². The molecule has 92 valence electrons. The van der Waals surface area contributed by atoms with E-state index in [9.17, 15) is 8.42 Å². The number of sulfone groups is 1. The Morgan fingerprint density at radius 3 is 2.18 bits per heavy atom. The van der Waals surface area contributed by atoms with Crippen molar-refractivity contribution < 1.29 is 8.42 Å². The minimum Gasteiger partial charge on any atom is -0.223 e. The summed E-state index contributed by atoms with van der Waals surface area (Å²) in [7, 11) is -3.18. The average molecular weight is 271 g/mol. The summed E-state index contributed by atoms with van der Waals surface area (Å²) in [6.45, 7) is 0. The van der Waals surface area contributed by atoms with Crippen molar-refractivity contribution in [2.75, 3.05) is 0 Å². The molecule has 4 heteroatoms. The highest BCUT2D eigenvalue weighted by Crippen LogP contribution is 2.53. The van der Waals surface area contributed by atoms with Gasteiger partial charge in [0, 0.05) is 5.38 Å². The summed E-state index contributed by atoms with van der Waals surface area (Å²) in [6.07, 6.45) is 3.04. The molecule has 2 unspecified atom stereocenters. The SMILES string of the molecule is O=S(=O)(c1ccccc1)C1[C@@H]2CCC[C@H]1C2Cl. The van der Waals surface area contributed by atoms with Crippen molar-refractivity contribution in [3.63, 3.8) is 0 Å². The second kappa shape index (κ2) is 3.99. The van der Waals surface area contributed by atoms with Crippen LogP contribution in [0.3, 0.4) is 0 Å². The van der Waals surface area contributed by atoms with Gasteiger partial charge < -0.3 is 0 Å². The molecular weight excluding hydrogens is 256 g/mol. The molecule has 0 amide bonds. The molecule has 3 rings (SSSR count). The molecule has 2 saturated carbocycles. The number of rotatable bonds is 2. The fraction of sp³-hybridized carbons (Fsp3) is 0.538. The van der Waals surface area contributed by atoms with Crippen molar-refractivity contribution in [3.8, 4) is 0 Å². The molecule has 0 aliphatic heterocycles. The van der Waals surface area contributed by atoms with Crippen molar-refractivity contribution in [2.45, 2.75) is 34.8 Å². The second-order valence-electron chi connectivity index (χ2n) is 5.03. The van der Waals surface area contributed by atoms with Crippen LogP contribution in [0.25, 0.3) is 0 Å². The number of alkyl halides is 1. The van der Waals surface area contributed by atoms with Crippen LogP contribution in [0.5, 0.6) is 0 Å². The predicted molar refractivity (Wildman–Crippen MR) is 67.9 cm³/mol. The summed E-state index contributed by atoms with van der Waals surface area (Å²) in [5.41, 5.74) is 0. The van der Waals surface area contributed by atoms with Crippen molar-refractivity contribution in [1.82, 2.24) is 0 Å². The molecule has 0 aromatic heterocycles. The van der Waals surface area contributed by atoms with Crippen LogP contribution >= 0.6 is 11.6 Å². The zero-order valence-electron chi connectivity index (χ0n) is 9.42. The van der Waals surface area contributed by atoms with E-state index in [1.165, 1.54) is 0 Å². The third kappa shape index (κ3) is 1.63. The van der Waals surface area contributed by atoms with Gasteiger partial charge in [0.15, 0.2) is 9.84 Å². The van der Waals surface area contributed by atoms with Gasteiger partial charge >= 0.3 is 0 Å². The molecule has 2 bridgehead atoms. The smallest absolute Gasteiger partial charge is 0.181 e. The van der Waals surface area contributed by atoms with Crippen LogP contribution in [0.15, 0.2) is 35.2 Å². The third-order valence-electron chi connectivity index (χ3n) is 4.17. The summed E-state index contributed by atoms with van der Waals surface area (Å²) in [5.74, 6) is 0.334. The molecule has 0 spiro atoms. The molecule has 2 aliphatic rings. The topological polar surface area (TPSA) is 34.1 Å². The van der Waals surface area contributed by atoms with E-state index in [0.717, 1.165) is 19.3 Å². The number of hydrogen-bond acceptors (Lipinski definition) is 2. The molecule has 2 aliphatic carbocycles. The summed E-state index contributed by atoms with van der Waals surface area (Å²) < 4.78 is 25.0. The molecule has 1 aromatic carbocycles. The monoisotopic (exact) mass is 270 g/mol. The first-order valence-corrected chi connectivity index (χ1v) is 8.03. The van der Waals surface area contributed by atoms with Crippen LogP contribution in [0.2, 0.25) is 0 Å². The van der Waals surface area contributed by atoms with Gasteiger partial charge in [-0.3, -0.25) is 0 Å². The van der Waals surface area contributed by atoms with E-state index in [1.54, 1.807) is 24.3 Å². The first kappa shape index (κ1) is 11.5. The predicted octanol–water partition coefficient (Wildman–Crippen LogP) is 2.87. The molecular formula is C13H15ClO2S. The quantitative estimate of drug-likeness (QED) is 0.775. The Balaban J connectivity index is 1.96. The van der Waals surface area contributed by atoms with Crippen molar-refractivity contribution in [1.29, 1.82) is 0 Å². The van der Waals surface area contributed by atoms with Gasteiger partial charge in [0.1, 0.15) is 0 Å². The summed E-state index contributed by atoms with van der Waals surface area (Å²) in [6, 6.07) is 8.77. The Morgan fingerprint density at radius 1 is 1.06 bits per heavy atom. The zero-order chi connectivity index (χ0) is 12.0. The van der Waals surface area contributed by atoms with Gasteiger partial charge in [0.2, 0.25) is 0 Å². The largest absolute Gasteiger partial charge is 0.223 e. The highest BCUT2D eigenvalue weighted by atomic mass is 35.5. The Bertz CT molecular complexity index is 499. The molecule has 2 nitrogen and oxygen atoms in total. The Kier molecular flexibility index (Phi) is 2.71. The molecule has 17 heavy (non-hydrogen) atoms. The van der Waals surface area contributed by atoms with Crippen molar-refractivity contribution in [3.05, 3.63) is 30.3 Å². The number of hydrogen-bond donors (Lipinski definition) is 0. The number of halogens is 1. The average Bonchev–Trinajstić information content (AvgIpc) is 2.38. The molecule has 0 radical (unpaired) electrons. The minimum absolute atomic E-state index is 0.0761. The summed E-state index contributed by atoms with van der Waals surface area (Å²) in [5, 5.41) is -0.159. The molecule has 2 fully saturated rings. The molecule has 1 aromatic rings. The van der Waals surface area contributed by atoms with Crippen LogP contribution in [-0.4, -0.2) is 19.0 Å². The zero-order valence-corrected chi connectivity index (χ0v) is 11.0. The lowest BCUT2D eigenvalue weighted by Gasteiger charge is -2.52. The van der Waals surface area contributed by atoms with E-state index in [0.29, 0.717) is 4.90 Å². The van der Waals surface area contributed by atoms with Crippen LogP contribution in [0.1, 0.15) is 19.3 Å². The van der Waals surface area contributed by atoms with E-state index in [4.69, 9.17) is 11.6 Å². The van der Waals surface area contributed by atoms with Gasteiger partial charge in [-0.05, 0) is 36.8 Å². The van der Waals surface area contributed by atoms with Gasteiger partial charge in [-0.1, -0.05) is 24.6 Å². The van der Waals surface area contributed by atoms with E-state index >= 15 is 0 Å². The third-order valence-corrected chi connectivity index (χ3v) is 7.16. The lowest BCUT2D eigenvalue weighted by Crippen LogP contribution is -2.58. The second-order valence-corrected chi connectivity index (χ2v) is 7.64. The van der Waals surface area contributed by atoms with Crippen molar-refractivity contribution >= 4 is 21.4 Å². The van der Waals surface area contributed by atoms with Gasteiger partial charge in [0.05, 0.1) is 10.1 Å². The maximum Gasteiger partial charge on any atom is 0.181 e. The number of fused-ring (bicyclic) bond motifs is 2. The first-order chi connectivity index (χ1) is 8.12. The van der Waals surface area contributed by atoms with E-state index in [1.807, 2.05) is 6.07 Å². The first-order valence-electron chi connectivity index (χ1n) is 6.05. The van der Waals surface area contributed by atoms with Crippen LogP contribution in [-0.2, 0) is 9.84 Å². The summed E-state index contributed by atoms with van der Waals surface area (Å²) >= 11 is 6.24. The van der Waals surface area contributed by atoms with Gasteiger partial charge in [-0.25, -0.2) is 8.42 Å². The molecule has 0 saturated heterocycles. The Labute approximate surface area is 107 Å². The molecule has 0 heterocycles. The van der Waals surface area contributed by atoms with Crippen LogP contribution < -0.4 is 0 Å². The normalized spacial score (nSPS) is 36.3. The van der Waals surface area contributed by atoms with E-state index < -0.39 is 9.84 Å². The fourth-order valence-electron chi connectivity index (χ4n) is 3.32. The Hall–Kier alpha value is -0.540. The summed E-state index contributed by atoms with van der Waals surface area (Å²) in [4.78, 5) is 0.450. The van der Waals surface area contributed by atoms with Crippen molar-refractivity contribution in [2.24, 2.45) is 11.8 Å². The maximum absolute atomic E-state index is 12.5. The fourth-order valence-corrected chi connectivity index (χ4v) is 6.44. The standard InChI is InChI=1S/C13H15ClO2S/c14-12-10-7-4-8-11(12)13(10)17(15,16)9-5-2-1-3-6-9/h1-3,5-6,10-13H,4,7-8H2/t10-,11+,12?,13?. The van der Waals surface area contributed by atoms with Gasteiger partial charge in [0.25, 0.3) is 0 Å². The number of benzene rings is 1. The van der Waals surface area contributed by atoms with E-state index in [-0.39, 0.29) is 22.5 Å². The highest BCUT2D eigenvalue weighted by molar-refractivity contribution is 7.92. The van der Waals surface area contributed by atoms with Gasteiger partial charge in [-0.2, -0.15) is 0 Å². The van der Waals surface area contributed by atoms with Crippen LogP contribution in [0.4, 0.5) is 0 Å². The van der Waals surface area contributed by atoms with Gasteiger partial charge in [-0.15, -0.1) is 11.6 Å².